The van der Waals surface area contributed by atoms with Crippen LogP contribution in [0, 0.1) is 0 Å². The number of carbonyl (C=O) groups excluding carboxylic acids is 1. The van der Waals surface area contributed by atoms with Crippen molar-refractivity contribution in [1.82, 2.24) is 9.78 Å². The maximum Gasteiger partial charge on any atom is 0.327 e. The largest absolute Gasteiger partial charge is 0.495 e. The van der Waals surface area contributed by atoms with Crippen LogP contribution in [-0.2, 0) is 16.1 Å². The summed E-state index contributed by atoms with van der Waals surface area (Å²) in [6, 6.07) is 3.26. The normalized spacial score (nSPS) is 10.6. The molecule has 1 aromatic heterocycles. The van der Waals surface area contributed by atoms with Crippen LogP contribution in [0.2, 0.25) is 5.15 Å². The Hall–Kier alpha value is -1.60. The van der Waals surface area contributed by atoms with Gasteiger partial charge in [-0.1, -0.05) is 11.6 Å². The topological polar surface area (TPSA) is 70.4 Å². The second-order valence-electron chi connectivity index (χ2n) is 3.83. The van der Waals surface area contributed by atoms with Gasteiger partial charge < -0.3 is 9.47 Å². The fourth-order valence-electron chi connectivity index (χ4n) is 1.77. The van der Waals surface area contributed by atoms with Gasteiger partial charge in [0.15, 0.2) is 5.15 Å². The van der Waals surface area contributed by atoms with Crippen molar-refractivity contribution < 1.29 is 14.3 Å². The van der Waals surface area contributed by atoms with Gasteiger partial charge >= 0.3 is 5.97 Å². The van der Waals surface area contributed by atoms with Crippen LogP contribution in [0.25, 0.3) is 10.8 Å². The summed E-state index contributed by atoms with van der Waals surface area (Å²) in [5.74, 6) is -0.165. The van der Waals surface area contributed by atoms with Crippen LogP contribution in [0.4, 0.5) is 0 Å². The van der Waals surface area contributed by atoms with Crippen molar-refractivity contribution in [3.05, 3.63) is 32.1 Å². The Balaban J connectivity index is 2.75. The molecular weight excluding hydrogens is 351 g/mol. The molecule has 0 N–H and O–H groups in total. The molecule has 0 amide bonds. The lowest BCUT2D eigenvalue weighted by Gasteiger charge is -2.11. The number of halogens is 2. The summed E-state index contributed by atoms with van der Waals surface area (Å²) in [6.07, 6.45) is 0. The lowest BCUT2D eigenvalue weighted by atomic mass is 10.2. The van der Waals surface area contributed by atoms with Crippen molar-refractivity contribution >= 4 is 44.3 Å². The van der Waals surface area contributed by atoms with Crippen molar-refractivity contribution in [3.63, 3.8) is 0 Å². The number of methoxy groups -OCH3 is 2. The van der Waals surface area contributed by atoms with Crippen molar-refractivity contribution in [2.45, 2.75) is 6.54 Å². The Morgan fingerprint density at radius 2 is 2.15 bits per heavy atom. The quantitative estimate of drug-likeness (QED) is 0.782. The van der Waals surface area contributed by atoms with E-state index in [4.69, 9.17) is 16.3 Å². The highest BCUT2D eigenvalue weighted by molar-refractivity contribution is 9.10. The van der Waals surface area contributed by atoms with E-state index in [-0.39, 0.29) is 11.7 Å². The van der Waals surface area contributed by atoms with Crippen LogP contribution >= 0.6 is 27.5 Å². The molecule has 2 rings (SSSR count). The molecule has 0 aliphatic carbocycles. The van der Waals surface area contributed by atoms with Gasteiger partial charge in [-0.25, -0.2) is 4.68 Å². The van der Waals surface area contributed by atoms with Crippen molar-refractivity contribution in [2.24, 2.45) is 0 Å². The van der Waals surface area contributed by atoms with Gasteiger partial charge in [0, 0.05) is 0 Å². The zero-order valence-electron chi connectivity index (χ0n) is 10.6. The van der Waals surface area contributed by atoms with Gasteiger partial charge in [-0.2, -0.15) is 5.10 Å². The average Bonchev–Trinajstić information content (AvgIpc) is 2.43. The predicted molar refractivity (Wildman–Crippen MR) is 77.3 cm³/mol. The molecule has 2 aromatic rings. The Morgan fingerprint density at radius 1 is 1.45 bits per heavy atom. The maximum absolute atomic E-state index is 12.3. The molecule has 0 unspecified atom stereocenters. The third kappa shape index (κ3) is 2.51. The highest BCUT2D eigenvalue weighted by Gasteiger charge is 2.17. The van der Waals surface area contributed by atoms with E-state index >= 15 is 0 Å². The van der Waals surface area contributed by atoms with E-state index in [1.807, 2.05) is 0 Å². The van der Waals surface area contributed by atoms with E-state index in [0.717, 1.165) is 4.68 Å². The summed E-state index contributed by atoms with van der Waals surface area (Å²) in [5.41, 5.74) is -0.444. The van der Waals surface area contributed by atoms with E-state index in [1.54, 1.807) is 12.1 Å². The summed E-state index contributed by atoms with van der Waals surface area (Å²) in [7, 11) is 2.70. The van der Waals surface area contributed by atoms with Gasteiger partial charge in [0.25, 0.3) is 5.56 Å². The van der Waals surface area contributed by atoms with Crippen LogP contribution in [0.1, 0.15) is 0 Å². The smallest absolute Gasteiger partial charge is 0.327 e. The van der Waals surface area contributed by atoms with Crippen molar-refractivity contribution in [1.29, 1.82) is 0 Å². The van der Waals surface area contributed by atoms with Crippen molar-refractivity contribution in [3.8, 4) is 5.75 Å². The summed E-state index contributed by atoms with van der Waals surface area (Å²) >= 11 is 9.40. The van der Waals surface area contributed by atoms with Crippen molar-refractivity contribution in [2.75, 3.05) is 14.2 Å². The molecule has 1 aromatic carbocycles. The molecular formula is C12H10BrClN2O4. The molecule has 0 saturated carbocycles. The first-order valence-electron chi connectivity index (χ1n) is 5.49. The summed E-state index contributed by atoms with van der Waals surface area (Å²) < 4.78 is 11.4. The maximum atomic E-state index is 12.3. The molecule has 0 radical (unpaired) electrons. The first kappa shape index (κ1) is 14.8. The first-order chi connectivity index (χ1) is 9.49. The fourth-order valence-corrected chi connectivity index (χ4v) is 2.55. The van der Waals surface area contributed by atoms with Gasteiger partial charge in [-0.3, -0.25) is 9.59 Å². The lowest BCUT2D eigenvalue weighted by molar-refractivity contribution is -0.141. The molecule has 0 spiro atoms. The number of hydrogen-bond acceptors (Lipinski definition) is 5. The van der Waals surface area contributed by atoms with Gasteiger partial charge in [0.2, 0.25) is 0 Å². The van der Waals surface area contributed by atoms with Gasteiger partial charge in [-0.05, 0) is 28.1 Å². The summed E-state index contributed by atoms with van der Waals surface area (Å²) in [5, 5.41) is 4.69. The number of rotatable bonds is 3. The zero-order chi connectivity index (χ0) is 14.9. The minimum Gasteiger partial charge on any atom is -0.495 e. The monoisotopic (exact) mass is 360 g/mol. The van der Waals surface area contributed by atoms with E-state index in [2.05, 4.69) is 25.8 Å². The van der Waals surface area contributed by atoms with Gasteiger partial charge in [0.1, 0.15) is 12.3 Å². The van der Waals surface area contributed by atoms with Crippen LogP contribution in [-0.4, -0.2) is 30.0 Å². The highest BCUT2D eigenvalue weighted by atomic mass is 79.9. The average molecular weight is 362 g/mol. The Labute approximate surface area is 127 Å². The minimum absolute atomic E-state index is 0.0710. The minimum atomic E-state index is -0.584. The van der Waals surface area contributed by atoms with Crippen LogP contribution in [0.5, 0.6) is 5.75 Å². The van der Waals surface area contributed by atoms with E-state index in [9.17, 15) is 9.59 Å². The molecule has 0 aliphatic heterocycles. The second kappa shape index (κ2) is 5.80. The predicted octanol–water partition coefficient (Wildman–Crippen LogP) is 1.99. The Kier molecular flexibility index (Phi) is 4.29. The SMILES string of the molecule is COC(=O)Cn1nc(Cl)c2c(OC)c(Br)ccc2c1=O. The summed E-state index contributed by atoms with van der Waals surface area (Å²) in [6.45, 7) is -0.302. The zero-order valence-corrected chi connectivity index (χ0v) is 13.0. The number of ether oxygens (including phenoxy) is 2. The van der Waals surface area contributed by atoms with Crippen LogP contribution < -0.4 is 10.3 Å². The number of nitrogens with zero attached hydrogens (tertiary/aromatic N) is 2. The van der Waals surface area contributed by atoms with Gasteiger partial charge in [0.05, 0.1) is 29.5 Å². The van der Waals surface area contributed by atoms with Gasteiger partial charge in [-0.15, -0.1) is 0 Å². The van der Waals surface area contributed by atoms with Crippen LogP contribution in [0.15, 0.2) is 21.4 Å². The number of fused-ring (bicyclic) bond motifs is 1. The first-order valence-corrected chi connectivity index (χ1v) is 6.66. The fraction of sp³-hybridized carbons (Fsp3) is 0.250. The third-order valence-electron chi connectivity index (χ3n) is 2.70. The molecule has 8 heteroatoms. The van der Waals surface area contributed by atoms with E-state index in [1.165, 1.54) is 14.2 Å². The number of carbonyl (C=O) groups is 1. The molecule has 6 nitrogen and oxygen atoms in total. The molecule has 106 valence electrons. The third-order valence-corrected chi connectivity index (χ3v) is 3.59. The number of esters is 1. The number of aromatic nitrogens is 2. The van der Waals surface area contributed by atoms with E-state index < -0.39 is 11.5 Å². The molecule has 0 fully saturated rings. The second-order valence-corrected chi connectivity index (χ2v) is 5.05. The van der Waals surface area contributed by atoms with Crippen LogP contribution in [0.3, 0.4) is 0 Å². The highest BCUT2D eigenvalue weighted by Crippen LogP contribution is 2.35. The molecule has 0 bridgehead atoms. The Morgan fingerprint density at radius 3 is 2.75 bits per heavy atom. The standard InChI is InChI=1S/C12H10BrClN2O4/c1-19-8(17)5-16-12(18)6-3-4-7(13)10(20-2)9(6)11(14)15-16/h3-4H,5H2,1-2H3. The number of hydrogen-bond donors (Lipinski definition) is 0. The number of benzene rings is 1. The molecule has 0 saturated heterocycles. The van der Waals surface area contributed by atoms with E-state index in [0.29, 0.717) is 21.0 Å². The molecule has 1 heterocycles. The molecule has 0 atom stereocenters. The molecule has 0 aliphatic rings. The lowest BCUT2D eigenvalue weighted by Crippen LogP contribution is -2.27. The summed E-state index contributed by atoms with van der Waals surface area (Å²) in [4.78, 5) is 23.5. The Bertz CT molecular complexity index is 744. The molecule has 20 heavy (non-hydrogen) atoms.